The first kappa shape index (κ1) is 35.4. The van der Waals surface area contributed by atoms with Crippen LogP contribution >= 0.6 is 11.3 Å². The van der Waals surface area contributed by atoms with Gasteiger partial charge in [0, 0.05) is 47.6 Å². The molecule has 0 saturated heterocycles. The molecular weight excluding hydrogens is 757 g/mol. The molecule has 12 aromatic rings. The third-order valence-electron chi connectivity index (χ3n) is 12.6. The van der Waals surface area contributed by atoms with Gasteiger partial charge in [-0.25, -0.2) is 0 Å². The molecule has 0 spiro atoms. The molecule has 0 amide bonds. The van der Waals surface area contributed by atoms with Gasteiger partial charge in [0.05, 0.1) is 0 Å². The predicted molar refractivity (Wildman–Crippen MR) is 266 cm³/mol. The van der Waals surface area contributed by atoms with E-state index in [9.17, 15) is 0 Å². The minimum Gasteiger partial charge on any atom is -0.455 e. The van der Waals surface area contributed by atoms with Crippen molar-refractivity contribution >= 4 is 97.9 Å². The van der Waals surface area contributed by atoms with Crippen molar-refractivity contribution in [3.05, 3.63) is 206 Å². The van der Waals surface area contributed by atoms with Gasteiger partial charge in [-0.2, -0.15) is 0 Å². The van der Waals surface area contributed by atoms with E-state index in [0.29, 0.717) is 0 Å². The quantitative estimate of drug-likeness (QED) is 0.153. The second kappa shape index (κ2) is 14.1. The van der Waals surface area contributed by atoms with Crippen molar-refractivity contribution < 1.29 is 4.42 Å². The predicted octanol–water partition coefficient (Wildman–Crippen LogP) is 17.8. The van der Waals surface area contributed by atoms with Crippen molar-refractivity contribution in [2.24, 2.45) is 0 Å². The molecular formula is C59H38OS. The molecule has 0 N–H and O–H groups in total. The molecule has 0 aliphatic rings. The summed E-state index contributed by atoms with van der Waals surface area (Å²) in [5, 5.41) is 12.1. The van der Waals surface area contributed by atoms with Crippen LogP contribution in [0.15, 0.2) is 199 Å². The monoisotopic (exact) mass is 794 g/mol. The van der Waals surface area contributed by atoms with Crippen LogP contribution in [0.2, 0.25) is 0 Å². The minimum atomic E-state index is 0.865. The summed E-state index contributed by atoms with van der Waals surface area (Å²) in [6, 6.07) is 66.2. The molecule has 0 aliphatic carbocycles. The number of hydrogen-bond acceptors (Lipinski definition) is 2. The molecule has 2 aromatic heterocycles. The van der Waals surface area contributed by atoms with Gasteiger partial charge in [0.1, 0.15) is 11.2 Å². The first-order valence-electron chi connectivity index (χ1n) is 20.9. The molecule has 0 fully saturated rings. The number of thiophene rings is 1. The first-order chi connectivity index (χ1) is 30.2. The van der Waals surface area contributed by atoms with Gasteiger partial charge in [-0.15, -0.1) is 11.3 Å². The van der Waals surface area contributed by atoms with Gasteiger partial charge < -0.3 is 4.42 Å². The standard InChI is InChI=1S/C59H38OS/c1-3-18-41-38(4-2)54(36-19-6-5-7-20-36)42-22-8-9-23-43(42)55(41)37-33-34-39-48-28-16-30-50(58(48)60-52(39)35-37)56-44-24-10-12-26-46(44)57(47-27-13-11-25-45(47)56)51-31-17-29-49-40-21-14-15-32-53(40)61-59(49)51/h3-35H,2H2,1H3/b18-3-. The third-order valence-corrected chi connectivity index (χ3v) is 13.8. The topological polar surface area (TPSA) is 13.1 Å². The van der Waals surface area contributed by atoms with E-state index < -0.39 is 0 Å². The Labute approximate surface area is 357 Å². The smallest absolute Gasteiger partial charge is 0.143 e. The highest BCUT2D eigenvalue weighted by Gasteiger charge is 2.23. The van der Waals surface area contributed by atoms with Crippen LogP contribution in [-0.4, -0.2) is 0 Å². The number of fused-ring (bicyclic) bond motifs is 9. The van der Waals surface area contributed by atoms with Crippen molar-refractivity contribution in [3.8, 4) is 44.5 Å². The highest BCUT2D eigenvalue weighted by Crippen LogP contribution is 2.50. The van der Waals surface area contributed by atoms with Crippen molar-refractivity contribution in [1.82, 2.24) is 0 Å². The summed E-state index contributed by atoms with van der Waals surface area (Å²) in [5.74, 6) is 0. The lowest BCUT2D eigenvalue weighted by Crippen LogP contribution is -1.96. The largest absolute Gasteiger partial charge is 0.455 e. The average molecular weight is 795 g/mol. The molecule has 0 saturated carbocycles. The Morgan fingerprint density at radius 1 is 0.426 bits per heavy atom. The lowest BCUT2D eigenvalue weighted by atomic mass is 9.83. The maximum atomic E-state index is 7.13. The van der Waals surface area contributed by atoms with E-state index in [1.165, 1.54) is 85.9 Å². The molecule has 1 nitrogen and oxygen atoms in total. The summed E-state index contributed by atoms with van der Waals surface area (Å²) in [4.78, 5) is 0. The van der Waals surface area contributed by atoms with Crippen LogP contribution in [0.3, 0.4) is 0 Å². The summed E-state index contributed by atoms with van der Waals surface area (Å²) in [7, 11) is 0. The highest BCUT2D eigenvalue weighted by atomic mass is 32.1. The maximum absolute atomic E-state index is 7.13. The maximum Gasteiger partial charge on any atom is 0.143 e. The van der Waals surface area contributed by atoms with E-state index in [0.717, 1.165) is 44.2 Å². The number of rotatable bonds is 6. The van der Waals surface area contributed by atoms with E-state index >= 15 is 0 Å². The van der Waals surface area contributed by atoms with E-state index in [4.69, 9.17) is 4.42 Å². The van der Waals surface area contributed by atoms with Gasteiger partial charge in [0.25, 0.3) is 0 Å². The van der Waals surface area contributed by atoms with Crippen LogP contribution < -0.4 is 0 Å². The van der Waals surface area contributed by atoms with E-state index in [-0.39, 0.29) is 0 Å². The number of furan rings is 1. The van der Waals surface area contributed by atoms with E-state index in [1.54, 1.807) is 0 Å². The zero-order valence-corrected chi connectivity index (χ0v) is 34.4. The van der Waals surface area contributed by atoms with Crippen molar-refractivity contribution in [2.75, 3.05) is 0 Å². The number of para-hydroxylation sites is 1. The molecule has 2 heterocycles. The van der Waals surface area contributed by atoms with E-state index in [2.05, 4.69) is 208 Å². The fourth-order valence-corrected chi connectivity index (χ4v) is 11.3. The SMILES string of the molecule is C=Cc1c(/C=C\C)c(-c2ccc3c(c2)oc2c(-c4c5ccccc5c(-c5cccc6c5sc5ccccc56)c5ccccc45)cccc23)c2ccccc2c1-c1ccccc1. The second-order valence-electron chi connectivity index (χ2n) is 15.8. The molecule has 10 aromatic carbocycles. The van der Waals surface area contributed by atoms with Crippen molar-refractivity contribution in [3.63, 3.8) is 0 Å². The lowest BCUT2D eigenvalue weighted by molar-refractivity contribution is 0.670. The average Bonchev–Trinajstić information content (AvgIpc) is 3.89. The van der Waals surface area contributed by atoms with Gasteiger partial charge in [0.2, 0.25) is 0 Å². The zero-order chi connectivity index (χ0) is 40.6. The molecule has 286 valence electrons. The lowest BCUT2D eigenvalue weighted by Gasteiger charge is -2.20. The highest BCUT2D eigenvalue weighted by molar-refractivity contribution is 7.26. The van der Waals surface area contributed by atoms with Crippen LogP contribution in [0.1, 0.15) is 18.1 Å². The van der Waals surface area contributed by atoms with Gasteiger partial charge in [-0.05, 0) is 96.4 Å². The Kier molecular flexibility index (Phi) is 8.16. The molecule has 0 atom stereocenters. The third kappa shape index (κ3) is 5.32. The minimum absolute atomic E-state index is 0.865. The molecule has 2 heteroatoms. The van der Waals surface area contributed by atoms with Gasteiger partial charge in [-0.3, -0.25) is 0 Å². The number of benzene rings is 10. The van der Waals surface area contributed by atoms with Crippen LogP contribution in [0, 0.1) is 0 Å². The van der Waals surface area contributed by atoms with Gasteiger partial charge in [-0.1, -0.05) is 189 Å². The molecule has 12 rings (SSSR count). The summed E-state index contributed by atoms with van der Waals surface area (Å²) in [6.07, 6.45) is 6.37. The molecule has 0 radical (unpaired) electrons. The Morgan fingerprint density at radius 2 is 0.951 bits per heavy atom. The number of hydrogen-bond donors (Lipinski definition) is 0. The van der Waals surface area contributed by atoms with Crippen LogP contribution in [0.4, 0.5) is 0 Å². The van der Waals surface area contributed by atoms with Crippen LogP contribution in [-0.2, 0) is 0 Å². The first-order valence-corrected chi connectivity index (χ1v) is 21.7. The van der Waals surface area contributed by atoms with Crippen molar-refractivity contribution in [2.45, 2.75) is 6.92 Å². The van der Waals surface area contributed by atoms with Crippen molar-refractivity contribution in [1.29, 1.82) is 0 Å². The Bertz CT molecular complexity index is 3730. The summed E-state index contributed by atoms with van der Waals surface area (Å²) >= 11 is 1.89. The molecule has 0 aliphatic heterocycles. The number of allylic oxidation sites excluding steroid dienone is 1. The normalized spacial score (nSPS) is 12.0. The second-order valence-corrected chi connectivity index (χ2v) is 16.9. The molecule has 61 heavy (non-hydrogen) atoms. The fourth-order valence-electron chi connectivity index (χ4n) is 10.1. The Hall–Kier alpha value is -7.52. The summed E-state index contributed by atoms with van der Waals surface area (Å²) < 4.78 is 9.76. The fraction of sp³-hybridized carbons (Fsp3) is 0.0169. The summed E-state index contributed by atoms with van der Waals surface area (Å²) in [5.41, 5.74) is 13.5. The Balaban J connectivity index is 1.11. The van der Waals surface area contributed by atoms with Gasteiger partial charge >= 0.3 is 0 Å². The van der Waals surface area contributed by atoms with E-state index in [1.807, 2.05) is 17.4 Å². The van der Waals surface area contributed by atoms with Crippen LogP contribution in [0.5, 0.6) is 0 Å². The van der Waals surface area contributed by atoms with Crippen LogP contribution in [0.25, 0.3) is 131 Å². The van der Waals surface area contributed by atoms with Gasteiger partial charge in [0.15, 0.2) is 0 Å². The molecule has 0 unspecified atom stereocenters. The molecule has 0 bridgehead atoms. The zero-order valence-electron chi connectivity index (χ0n) is 33.6. The Morgan fingerprint density at radius 3 is 1.59 bits per heavy atom. The summed E-state index contributed by atoms with van der Waals surface area (Å²) in [6.45, 7) is 6.44.